The van der Waals surface area contributed by atoms with Crippen molar-refractivity contribution in [1.29, 1.82) is 0 Å². The molecule has 0 heterocycles. The molecule has 1 rings (SSSR count). The van der Waals surface area contributed by atoms with Crippen LogP contribution in [0.4, 0.5) is 4.79 Å². The highest BCUT2D eigenvalue weighted by atomic mass is 16.5. The molecule has 6 N–H and O–H groups in total. The van der Waals surface area contributed by atoms with Gasteiger partial charge in [-0.3, -0.25) is 0 Å². The number of carbonyl (C=O) groups excluding carboxylic acids is 1. The molecule has 0 bridgehead atoms. The van der Waals surface area contributed by atoms with E-state index in [1.54, 1.807) is 12.1 Å². The number of carboxylic acids is 2. The number of amides is 1. The SMILES string of the molecule is CC(C)c1ccc(OC(N)=O)cc1.O=C(O)C(O)C(O)C(=O)O. The number of aliphatic carboxylic acids is 2. The molecule has 128 valence electrons. The van der Waals surface area contributed by atoms with E-state index in [9.17, 15) is 14.4 Å². The van der Waals surface area contributed by atoms with E-state index in [4.69, 9.17) is 26.2 Å². The van der Waals surface area contributed by atoms with Crippen LogP contribution in [0.2, 0.25) is 0 Å². The van der Waals surface area contributed by atoms with Crippen molar-refractivity contribution in [2.75, 3.05) is 0 Å². The van der Waals surface area contributed by atoms with Gasteiger partial charge in [-0.15, -0.1) is 0 Å². The Balaban J connectivity index is 0.000000438. The van der Waals surface area contributed by atoms with Crippen LogP contribution >= 0.6 is 0 Å². The highest BCUT2D eigenvalue weighted by Gasteiger charge is 2.29. The first-order valence-electron chi connectivity index (χ1n) is 6.45. The molecule has 9 nitrogen and oxygen atoms in total. The number of carbonyl (C=O) groups is 3. The van der Waals surface area contributed by atoms with Crippen molar-refractivity contribution < 1.29 is 39.5 Å². The Hall–Kier alpha value is -2.65. The van der Waals surface area contributed by atoms with E-state index in [2.05, 4.69) is 18.6 Å². The smallest absolute Gasteiger partial charge is 0.409 e. The van der Waals surface area contributed by atoms with Gasteiger partial charge in [-0.1, -0.05) is 26.0 Å². The lowest BCUT2D eigenvalue weighted by atomic mass is 10.0. The minimum absolute atomic E-state index is 0.475. The van der Waals surface area contributed by atoms with Gasteiger partial charge in [0.1, 0.15) is 5.75 Å². The molecule has 0 fully saturated rings. The lowest BCUT2D eigenvalue weighted by molar-refractivity contribution is -0.165. The number of hydrogen-bond acceptors (Lipinski definition) is 6. The average molecular weight is 329 g/mol. The van der Waals surface area contributed by atoms with E-state index >= 15 is 0 Å². The van der Waals surface area contributed by atoms with Crippen LogP contribution in [0.15, 0.2) is 24.3 Å². The summed E-state index contributed by atoms with van der Waals surface area (Å²) in [5.41, 5.74) is 6.07. The summed E-state index contributed by atoms with van der Waals surface area (Å²) in [6.07, 6.45) is -5.31. The summed E-state index contributed by atoms with van der Waals surface area (Å²) in [6.45, 7) is 4.20. The molecule has 0 aromatic heterocycles. The number of carboxylic acid groups (broad SMARTS) is 2. The molecule has 0 radical (unpaired) electrons. The van der Waals surface area contributed by atoms with Gasteiger partial charge in [0.05, 0.1) is 0 Å². The molecule has 9 heteroatoms. The molecule has 0 aliphatic carbocycles. The standard InChI is InChI=1S/C10H13NO2.C4H6O6/c1-7(2)8-3-5-9(6-4-8)13-10(11)12;5-1(3(7)8)2(6)4(9)10/h3-7H,1-2H3,(H2,11,12);1-2,5-6H,(H,7,8)(H,9,10). The average Bonchev–Trinajstić information content (AvgIpc) is 2.46. The normalized spacial score (nSPS) is 12.6. The van der Waals surface area contributed by atoms with Crippen molar-refractivity contribution in [3.8, 4) is 5.75 Å². The maximum absolute atomic E-state index is 10.4. The van der Waals surface area contributed by atoms with Gasteiger partial charge in [0.25, 0.3) is 0 Å². The van der Waals surface area contributed by atoms with Gasteiger partial charge in [0.2, 0.25) is 0 Å². The number of nitrogens with two attached hydrogens (primary N) is 1. The van der Waals surface area contributed by atoms with Crippen LogP contribution < -0.4 is 10.5 Å². The van der Waals surface area contributed by atoms with Crippen LogP contribution in [-0.2, 0) is 9.59 Å². The summed E-state index contributed by atoms with van der Waals surface area (Å²) >= 11 is 0. The highest BCUT2D eigenvalue weighted by Crippen LogP contribution is 2.18. The summed E-state index contributed by atoms with van der Waals surface area (Å²) < 4.78 is 4.69. The van der Waals surface area contributed by atoms with E-state index in [1.807, 2.05) is 12.1 Å². The van der Waals surface area contributed by atoms with Crippen LogP contribution in [0.25, 0.3) is 0 Å². The van der Waals surface area contributed by atoms with Crippen molar-refractivity contribution in [1.82, 2.24) is 0 Å². The monoisotopic (exact) mass is 329 g/mol. The number of aliphatic hydroxyl groups is 2. The minimum Gasteiger partial charge on any atom is -0.479 e. The molecule has 2 atom stereocenters. The van der Waals surface area contributed by atoms with Crippen LogP contribution in [0.5, 0.6) is 5.75 Å². The Morgan fingerprint density at radius 3 is 1.61 bits per heavy atom. The molecule has 0 aliphatic heterocycles. The molecule has 0 saturated carbocycles. The summed E-state index contributed by atoms with van der Waals surface area (Å²) in [7, 11) is 0. The van der Waals surface area contributed by atoms with E-state index in [0.29, 0.717) is 11.7 Å². The van der Waals surface area contributed by atoms with Gasteiger partial charge >= 0.3 is 18.0 Å². The zero-order valence-electron chi connectivity index (χ0n) is 12.5. The molecule has 1 aromatic rings. The van der Waals surface area contributed by atoms with Gasteiger partial charge in [-0.05, 0) is 23.6 Å². The highest BCUT2D eigenvalue weighted by molar-refractivity contribution is 5.83. The third kappa shape index (κ3) is 7.79. The Kier molecular flexibility index (Phi) is 8.30. The molecule has 1 aromatic carbocycles. The summed E-state index contributed by atoms with van der Waals surface area (Å²) in [5, 5.41) is 32.5. The quantitative estimate of drug-likeness (QED) is 0.508. The second kappa shape index (κ2) is 9.38. The molecule has 1 amide bonds. The fourth-order valence-electron chi connectivity index (χ4n) is 1.31. The summed E-state index contributed by atoms with van der Waals surface area (Å²) in [4.78, 5) is 29.9. The van der Waals surface area contributed by atoms with E-state index in [0.717, 1.165) is 0 Å². The van der Waals surface area contributed by atoms with Crippen molar-refractivity contribution in [3.63, 3.8) is 0 Å². The molecule has 0 spiro atoms. The molecule has 0 aliphatic rings. The molecule has 23 heavy (non-hydrogen) atoms. The zero-order valence-corrected chi connectivity index (χ0v) is 12.5. The zero-order chi connectivity index (χ0) is 18.2. The lowest BCUT2D eigenvalue weighted by Gasteiger charge is -2.07. The molecule has 2 unspecified atom stereocenters. The molecular weight excluding hydrogens is 310 g/mol. The third-order valence-electron chi connectivity index (χ3n) is 2.57. The van der Waals surface area contributed by atoms with Gasteiger partial charge in [-0.2, -0.15) is 0 Å². The van der Waals surface area contributed by atoms with E-state index in [-0.39, 0.29) is 0 Å². The van der Waals surface area contributed by atoms with Crippen LogP contribution in [-0.4, -0.2) is 50.7 Å². The van der Waals surface area contributed by atoms with Gasteiger partial charge < -0.3 is 30.9 Å². The number of primary amides is 1. The largest absolute Gasteiger partial charge is 0.479 e. The third-order valence-corrected chi connectivity index (χ3v) is 2.57. The fraction of sp³-hybridized carbons (Fsp3) is 0.357. The van der Waals surface area contributed by atoms with Gasteiger partial charge in [0.15, 0.2) is 12.2 Å². The van der Waals surface area contributed by atoms with Crippen molar-refractivity contribution in [3.05, 3.63) is 29.8 Å². The predicted octanol–water partition coefficient (Wildman–Crippen LogP) is 0.145. The molecular formula is C14H19NO8. The van der Waals surface area contributed by atoms with Crippen molar-refractivity contribution >= 4 is 18.0 Å². The number of benzene rings is 1. The van der Waals surface area contributed by atoms with Crippen LogP contribution in [0.3, 0.4) is 0 Å². The summed E-state index contributed by atoms with van der Waals surface area (Å²) in [6, 6.07) is 7.31. The first kappa shape index (κ1) is 20.3. The Morgan fingerprint density at radius 2 is 1.35 bits per heavy atom. The number of aliphatic hydroxyl groups excluding tert-OH is 2. The second-order valence-corrected chi connectivity index (χ2v) is 4.71. The Bertz CT molecular complexity index is 522. The Labute approximate surface area is 131 Å². The van der Waals surface area contributed by atoms with Crippen LogP contribution in [0, 0.1) is 0 Å². The van der Waals surface area contributed by atoms with Gasteiger partial charge in [-0.25, -0.2) is 14.4 Å². The van der Waals surface area contributed by atoms with Crippen molar-refractivity contribution in [2.24, 2.45) is 5.73 Å². The maximum Gasteiger partial charge on any atom is 0.409 e. The molecule has 0 saturated heterocycles. The van der Waals surface area contributed by atoms with E-state index < -0.39 is 30.2 Å². The number of hydrogen-bond donors (Lipinski definition) is 5. The van der Waals surface area contributed by atoms with Gasteiger partial charge in [0, 0.05) is 0 Å². The number of ether oxygens (including phenoxy) is 1. The first-order chi connectivity index (χ1) is 10.6. The van der Waals surface area contributed by atoms with E-state index in [1.165, 1.54) is 5.56 Å². The first-order valence-corrected chi connectivity index (χ1v) is 6.45. The fourth-order valence-corrected chi connectivity index (χ4v) is 1.31. The van der Waals surface area contributed by atoms with Crippen LogP contribution in [0.1, 0.15) is 25.3 Å². The Morgan fingerprint density at radius 1 is 0.957 bits per heavy atom. The summed E-state index contributed by atoms with van der Waals surface area (Å²) in [5.74, 6) is -2.58. The number of rotatable bonds is 5. The maximum atomic E-state index is 10.4. The minimum atomic E-state index is -2.27. The second-order valence-electron chi connectivity index (χ2n) is 4.71. The predicted molar refractivity (Wildman–Crippen MR) is 78.0 cm³/mol. The topological polar surface area (TPSA) is 167 Å². The van der Waals surface area contributed by atoms with Crippen molar-refractivity contribution in [2.45, 2.75) is 32.0 Å². The lowest BCUT2D eigenvalue weighted by Crippen LogP contribution is -2.39.